The lowest BCUT2D eigenvalue weighted by atomic mass is 10.2. The van der Waals surface area contributed by atoms with Crippen LogP contribution in [-0.2, 0) is 6.61 Å². The Kier molecular flexibility index (Phi) is 3.41. The second kappa shape index (κ2) is 5.00. The minimum atomic E-state index is -1.02. The number of nitrogen functional groups attached to an aromatic ring is 1. The van der Waals surface area contributed by atoms with Crippen LogP contribution in [0.25, 0.3) is 0 Å². The summed E-state index contributed by atoms with van der Waals surface area (Å²) in [6.07, 6.45) is 0. The van der Waals surface area contributed by atoms with E-state index >= 15 is 0 Å². The number of ether oxygens (including phenoxy) is 1. The van der Waals surface area contributed by atoms with Crippen molar-refractivity contribution in [1.29, 1.82) is 0 Å². The Morgan fingerprint density at radius 2 is 1.72 bits per heavy atom. The van der Waals surface area contributed by atoms with Crippen LogP contribution in [-0.4, -0.2) is 0 Å². The molecule has 0 saturated carbocycles. The van der Waals surface area contributed by atoms with E-state index in [0.29, 0.717) is 0 Å². The molecule has 94 valence electrons. The van der Waals surface area contributed by atoms with Crippen molar-refractivity contribution >= 4 is 5.69 Å². The molecule has 0 bridgehead atoms. The maximum atomic E-state index is 13.4. The van der Waals surface area contributed by atoms with Gasteiger partial charge in [0.15, 0.2) is 11.6 Å². The van der Waals surface area contributed by atoms with E-state index in [9.17, 15) is 13.2 Å². The second-order valence-corrected chi connectivity index (χ2v) is 3.67. The van der Waals surface area contributed by atoms with Gasteiger partial charge in [-0.1, -0.05) is 6.07 Å². The number of halogens is 3. The fourth-order valence-electron chi connectivity index (χ4n) is 1.45. The molecule has 0 aromatic heterocycles. The van der Waals surface area contributed by atoms with Gasteiger partial charge in [-0.3, -0.25) is 0 Å². The maximum absolute atomic E-state index is 13.4. The van der Waals surface area contributed by atoms with Crippen molar-refractivity contribution < 1.29 is 17.9 Å². The summed E-state index contributed by atoms with van der Waals surface area (Å²) < 4.78 is 44.2. The van der Waals surface area contributed by atoms with Crippen LogP contribution in [0.2, 0.25) is 0 Å². The second-order valence-electron chi connectivity index (χ2n) is 3.67. The molecule has 0 aliphatic carbocycles. The zero-order valence-electron chi connectivity index (χ0n) is 9.29. The van der Waals surface area contributed by atoms with Crippen molar-refractivity contribution in [3.8, 4) is 5.75 Å². The highest BCUT2D eigenvalue weighted by Crippen LogP contribution is 2.20. The first kappa shape index (κ1) is 12.3. The van der Waals surface area contributed by atoms with Crippen LogP contribution in [0.15, 0.2) is 36.4 Å². The van der Waals surface area contributed by atoms with Crippen molar-refractivity contribution in [2.24, 2.45) is 0 Å². The molecular formula is C13H10F3NO. The van der Waals surface area contributed by atoms with Crippen molar-refractivity contribution in [3.63, 3.8) is 0 Å². The highest BCUT2D eigenvalue weighted by molar-refractivity contribution is 5.47. The predicted molar refractivity (Wildman–Crippen MR) is 61.5 cm³/mol. The van der Waals surface area contributed by atoms with E-state index in [0.717, 1.165) is 12.1 Å². The van der Waals surface area contributed by atoms with Gasteiger partial charge >= 0.3 is 0 Å². The Balaban J connectivity index is 2.14. The molecular weight excluding hydrogens is 243 g/mol. The number of anilines is 1. The van der Waals surface area contributed by atoms with Crippen LogP contribution in [0, 0.1) is 17.5 Å². The normalized spacial score (nSPS) is 10.4. The number of nitrogens with two attached hydrogens (primary N) is 1. The lowest BCUT2D eigenvalue weighted by molar-refractivity contribution is 0.298. The Labute approximate surface area is 102 Å². The molecule has 2 nitrogen and oxygen atoms in total. The summed E-state index contributed by atoms with van der Waals surface area (Å²) in [5, 5.41) is 0. The first-order chi connectivity index (χ1) is 8.58. The maximum Gasteiger partial charge on any atom is 0.162 e. The zero-order valence-corrected chi connectivity index (χ0v) is 9.29. The van der Waals surface area contributed by atoms with Crippen molar-refractivity contribution in [2.45, 2.75) is 6.61 Å². The van der Waals surface area contributed by atoms with Gasteiger partial charge in [0.25, 0.3) is 0 Å². The summed E-state index contributed by atoms with van der Waals surface area (Å²) in [6.45, 7) is -0.149. The Hall–Kier alpha value is -2.17. The monoisotopic (exact) mass is 253 g/mol. The number of benzene rings is 2. The minimum Gasteiger partial charge on any atom is -0.489 e. The molecule has 5 heteroatoms. The molecule has 18 heavy (non-hydrogen) atoms. The first-order valence-corrected chi connectivity index (χ1v) is 5.18. The summed E-state index contributed by atoms with van der Waals surface area (Å²) in [6, 6.07) is 7.36. The lowest BCUT2D eigenvalue weighted by Gasteiger charge is -2.09. The van der Waals surface area contributed by atoms with Gasteiger partial charge in [0.05, 0.1) is 0 Å². The number of hydrogen-bond donors (Lipinski definition) is 1. The van der Waals surface area contributed by atoms with E-state index in [1.807, 2.05) is 0 Å². The molecule has 0 atom stereocenters. The van der Waals surface area contributed by atoms with Crippen LogP contribution in [0.4, 0.5) is 18.9 Å². The summed E-state index contributed by atoms with van der Waals surface area (Å²) >= 11 is 0. The van der Waals surface area contributed by atoms with Crippen LogP contribution in [0.3, 0.4) is 0 Å². The fraction of sp³-hybridized carbons (Fsp3) is 0.0769. The topological polar surface area (TPSA) is 35.2 Å². The summed E-state index contributed by atoms with van der Waals surface area (Å²) in [5.74, 6) is -2.38. The molecule has 2 rings (SSSR count). The minimum absolute atomic E-state index is 0.108. The van der Waals surface area contributed by atoms with Crippen LogP contribution < -0.4 is 10.5 Å². The molecule has 0 heterocycles. The number of rotatable bonds is 3. The molecule has 2 aromatic rings. The molecule has 0 saturated heterocycles. The van der Waals surface area contributed by atoms with Crippen LogP contribution >= 0.6 is 0 Å². The van der Waals surface area contributed by atoms with Gasteiger partial charge in [-0.15, -0.1) is 0 Å². The third-order valence-corrected chi connectivity index (χ3v) is 2.43. The Bertz CT molecular complexity index is 552. The average molecular weight is 253 g/mol. The standard InChI is InChI=1S/C13H10F3NO/c14-10-2-1-3-13(17)9(10)7-18-8-4-5-11(15)12(16)6-8/h1-6H,7,17H2. The predicted octanol–water partition coefficient (Wildman–Crippen LogP) is 3.27. The highest BCUT2D eigenvalue weighted by atomic mass is 19.2. The van der Waals surface area contributed by atoms with E-state index < -0.39 is 17.5 Å². The van der Waals surface area contributed by atoms with Crippen molar-refractivity contribution in [1.82, 2.24) is 0 Å². The van der Waals surface area contributed by atoms with E-state index in [1.54, 1.807) is 0 Å². The lowest BCUT2D eigenvalue weighted by Crippen LogP contribution is -2.03. The summed E-state index contributed by atoms with van der Waals surface area (Å²) in [4.78, 5) is 0. The van der Waals surface area contributed by atoms with Crippen LogP contribution in [0.1, 0.15) is 5.56 Å². The van der Waals surface area contributed by atoms with E-state index in [-0.39, 0.29) is 23.6 Å². The zero-order chi connectivity index (χ0) is 13.1. The van der Waals surface area contributed by atoms with Gasteiger partial charge in [-0.25, -0.2) is 13.2 Å². The molecule has 0 spiro atoms. The molecule has 0 radical (unpaired) electrons. The van der Waals surface area contributed by atoms with E-state index in [1.165, 1.54) is 24.3 Å². The largest absolute Gasteiger partial charge is 0.489 e. The molecule has 0 aliphatic rings. The van der Waals surface area contributed by atoms with Crippen LogP contribution in [0.5, 0.6) is 5.75 Å². The molecule has 2 aromatic carbocycles. The quantitative estimate of drug-likeness (QED) is 0.852. The van der Waals surface area contributed by atoms with Crippen molar-refractivity contribution in [3.05, 3.63) is 59.4 Å². The molecule has 0 fully saturated rings. The Morgan fingerprint density at radius 1 is 0.944 bits per heavy atom. The average Bonchev–Trinajstić information content (AvgIpc) is 2.33. The van der Waals surface area contributed by atoms with Gasteiger partial charge in [0.1, 0.15) is 18.2 Å². The van der Waals surface area contributed by atoms with Crippen molar-refractivity contribution in [2.75, 3.05) is 5.73 Å². The smallest absolute Gasteiger partial charge is 0.162 e. The highest BCUT2D eigenvalue weighted by Gasteiger charge is 2.08. The summed E-state index contributed by atoms with van der Waals surface area (Å²) in [5.41, 5.74) is 6.02. The number of hydrogen-bond acceptors (Lipinski definition) is 2. The van der Waals surface area contributed by atoms with Gasteiger partial charge in [-0.05, 0) is 24.3 Å². The van der Waals surface area contributed by atoms with Gasteiger partial charge in [0, 0.05) is 17.3 Å². The van der Waals surface area contributed by atoms with E-state index in [2.05, 4.69) is 0 Å². The molecule has 0 unspecified atom stereocenters. The third-order valence-electron chi connectivity index (χ3n) is 2.43. The van der Waals surface area contributed by atoms with Gasteiger partial charge in [-0.2, -0.15) is 0 Å². The molecule has 2 N–H and O–H groups in total. The van der Waals surface area contributed by atoms with Gasteiger partial charge < -0.3 is 10.5 Å². The molecule has 0 aliphatic heterocycles. The first-order valence-electron chi connectivity index (χ1n) is 5.18. The summed E-state index contributed by atoms with van der Waals surface area (Å²) in [7, 11) is 0. The fourth-order valence-corrected chi connectivity index (χ4v) is 1.45. The van der Waals surface area contributed by atoms with E-state index in [4.69, 9.17) is 10.5 Å². The molecule has 0 amide bonds. The van der Waals surface area contributed by atoms with Gasteiger partial charge in [0.2, 0.25) is 0 Å². The Morgan fingerprint density at radius 3 is 2.39 bits per heavy atom. The third kappa shape index (κ3) is 2.56. The SMILES string of the molecule is Nc1cccc(F)c1COc1ccc(F)c(F)c1.